The smallest absolute Gasteiger partial charge is 0.180 e. The van der Waals surface area contributed by atoms with Crippen LogP contribution in [-0.4, -0.2) is 36.4 Å². The number of hydrogen-bond donors (Lipinski definition) is 1. The number of ketones is 1. The van der Waals surface area contributed by atoms with Crippen molar-refractivity contribution in [3.63, 3.8) is 0 Å². The summed E-state index contributed by atoms with van der Waals surface area (Å²) in [5, 5.41) is 9.54. The Morgan fingerprint density at radius 3 is 2.57 bits per heavy atom. The van der Waals surface area contributed by atoms with Crippen LogP contribution < -0.4 is 0 Å². The van der Waals surface area contributed by atoms with Crippen LogP contribution in [0.25, 0.3) is 0 Å². The highest BCUT2D eigenvalue weighted by Gasteiger charge is 2.11. The summed E-state index contributed by atoms with van der Waals surface area (Å²) < 4.78 is 0. The Hall–Kier alpha value is -1.35. The second kappa shape index (κ2) is 4.24. The van der Waals surface area contributed by atoms with E-state index in [1.54, 1.807) is 17.0 Å². The van der Waals surface area contributed by atoms with Gasteiger partial charge in [-0.15, -0.1) is 0 Å². The van der Waals surface area contributed by atoms with Crippen LogP contribution in [0.1, 0.15) is 15.9 Å². The lowest BCUT2D eigenvalue weighted by Crippen LogP contribution is -2.21. The van der Waals surface area contributed by atoms with Crippen molar-refractivity contribution in [2.45, 2.75) is 6.92 Å². The van der Waals surface area contributed by atoms with E-state index < -0.39 is 0 Å². The van der Waals surface area contributed by atoms with E-state index in [0.717, 1.165) is 5.56 Å². The lowest BCUT2D eigenvalue weighted by Gasteiger charge is -2.09. The SMILES string of the molecule is Cc1ccc(C(=O)CN(C)C)c(O)c1. The van der Waals surface area contributed by atoms with Gasteiger partial charge in [0.15, 0.2) is 5.78 Å². The van der Waals surface area contributed by atoms with Gasteiger partial charge in [-0.05, 0) is 38.7 Å². The molecule has 1 aromatic rings. The van der Waals surface area contributed by atoms with E-state index in [0.29, 0.717) is 12.1 Å². The van der Waals surface area contributed by atoms with Crippen molar-refractivity contribution in [2.75, 3.05) is 20.6 Å². The Balaban J connectivity index is 2.90. The molecule has 1 N–H and O–H groups in total. The van der Waals surface area contributed by atoms with Gasteiger partial charge in [-0.2, -0.15) is 0 Å². The van der Waals surface area contributed by atoms with Gasteiger partial charge in [0.25, 0.3) is 0 Å². The molecule has 0 saturated carbocycles. The van der Waals surface area contributed by atoms with Gasteiger partial charge >= 0.3 is 0 Å². The van der Waals surface area contributed by atoms with E-state index in [2.05, 4.69) is 0 Å². The van der Waals surface area contributed by atoms with Crippen LogP contribution in [0.15, 0.2) is 18.2 Å². The van der Waals surface area contributed by atoms with Crippen molar-refractivity contribution in [3.05, 3.63) is 29.3 Å². The number of nitrogens with zero attached hydrogens (tertiary/aromatic N) is 1. The van der Waals surface area contributed by atoms with Crippen LogP contribution in [0.3, 0.4) is 0 Å². The third-order valence-electron chi connectivity index (χ3n) is 1.91. The molecule has 1 rings (SSSR count). The zero-order valence-electron chi connectivity index (χ0n) is 8.74. The van der Waals surface area contributed by atoms with Gasteiger partial charge in [-0.25, -0.2) is 0 Å². The van der Waals surface area contributed by atoms with Gasteiger partial charge < -0.3 is 10.0 Å². The molecule has 0 unspecified atom stereocenters. The molecule has 0 saturated heterocycles. The monoisotopic (exact) mass is 193 g/mol. The van der Waals surface area contributed by atoms with E-state index in [1.165, 1.54) is 0 Å². The maximum Gasteiger partial charge on any atom is 0.180 e. The maximum absolute atomic E-state index is 11.6. The van der Waals surface area contributed by atoms with Crippen LogP contribution in [0.2, 0.25) is 0 Å². The van der Waals surface area contributed by atoms with Crippen molar-refractivity contribution in [3.8, 4) is 5.75 Å². The number of Topliss-reactive ketones (excluding diaryl/α,β-unsaturated/α-hetero) is 1. The number of carbonyl (C=O) groups is 1. The average molecular weight is 193 g/mol. The fourth-order valence-electron chi connectivity index (χ4n) is 1.25. The van der Waals surface area contributed by atoms with Crippen molar-refractivity contribution in [2.24, 2.45) is 0 Å². The zero-order chi connectivity index (χ0) is 10.7. The van der Waals surface area contributed by atoms with Gasteiger partial charge in [-0.3, -0.25) is 4.79 Å². The molecule has 0 amide bonds. The quantitative estimate of drug-likeness (QED) is 0.738. The number of benzene rings is 1. The molecule has 0 aliphatic carbocycles. The third-order valence-corrected chi connectivity index (χ3v) is 1.91. The van der Waals surface area contributed by atoms with Crippen molar-refractivity contribution >= 4 is 5.78 Å². The number of hydrogen-bond acceptors (Lipinski definition) is 3. The molecule has 0 radical (unpaired) electrons. The van der Waals surface area contributed by atoms with E-state index in [-0.39, 0.29) is 11.5 Å². The minimum atomic E-state index is -0.0625. The predicted octanol–water partition coefficient (Wildman–Crippen LogP) is 1.44. The molecule has 14 heavy (non-hydrogen) atoms. The molecule has 0 aliphatic rings. The molecule has 0 heterocycles. The molecule has 0 aromatic heterocycles. The van der Waals surface area contributed by atoms with Crippen LogP contribution in [0, 0.1) is 6.92 Å². The number of phenolic OH excluding ortho intramolecular Hbond substituents is 1. The normalized spacial score (nSPS) is 10.6. The van der Waals surface area contributed by atoms with Crippen molar-refractivity contribution in [1.29, 1.82) is 0 Å². The number of carbonyl (C=O) groups excluding carboxylic acids is 1. The van der Waals surface area contributed by atoms with Crippen LogP contribution in [0.4, 0.5) is 0 Å². The topological polar surface area (TPSA) is 40.5 Å². The van der Waals surface area contributed by atoms with Gasteiger partial charge in [-0.1, -0.05) is 6.07 Å². The number of aryl methyl sites for hydroxylation is 1. The summed E-state index contributed by atoms with van der Waals surface area (Å²) in [6.45, 7) is 2.19. The number of likely N-dealkylation sites (N-methyl/N-ethyl adjacent to an activating group) is 1. The van der Waals surface area contributed by atoms with Gasteiger partial charge in [0.1, 0.15) is 5.75 Å². The molecule has 0 aliphatic heterocycles. The van der Waals surface area contributed by atoms with Gasteiger partial charge in [0.2, 0.25) is 0 Å². The summed E-state index contributed by atoms with van der Waals surface area (Å²) in [7, 11) is 3.65. The number of aromatic hydroxyl groups is 1. The Labute approximate surface area is 84.0 Å². The standard InChI is InChI=1S/C11H15NO2/c1-8-4-5-9(10(13)6-8)11(14)7-12(2)3/h4-6,13H,7H2,1-3H3. The summed E-state index contributed by atoms with van der Waals surface area (Å²) in [6, 6.07) is 5.09. The molecule has 3 heteroatoms. The van der Waals surface area contributed by atoms with E-state index in [4.69, 9.17) is 0 Å². The maximum atomic E-state index is 11.6. The third kappa shape index (κ3) is 2.57. The molecule has 0 bridgehead atoms. The molecule has 3 nitrogen and oxygen atoms in total. The average Bonchev–Trinajstić information content (AvgIpc) is 2.01. The minimum Gasteiger partial charge on any atom is -0.507 e. The Morgan fingerprint density at radius 1 is 1.43 bits per heavy atom. The molecule has 0 spiro atoms. The van der Waals surface area contributed by atoms with Crippen LogP contribution in [-0.2, 0) is 0 Å². The molecular formula is C11H15NO2. The summed E-state index contributed by atoms with van der Waals surface area (Å²) in [5.41, 5.74) is 1.34. The summed E-state index contributed by atoms with van der Waals surface area (Å²) in [4.78, 5) is 13.4. The highest BCUT2D eigenvalue weighted by atomic mass is 16.3. The minimum absolute atomic E-state index is 0.0625. The number of phenols is 1. The van der Waals surface area contributed by atoms with E-state index in [9.17, 15) is 9.90 Å². The Kier molecular flexibility index (Phi) is 3.25. The molecular weight excluding hydrogens is 178 g/mol. The predicted molar refractivity (Wildman–Crippen MR) is 55.7 cm³/mol. The lowest BCUT2D eigenvalue weighted by atomic mass is 10.1. The van der Waals surface area contributed by atoms with Crippen LogP contribution in [0.5, 0.6) is 5.75 Å². The molecule has 0 fully saturated rings. The summed E-state index contributed by atoms with van der Waals surface area (Å²) >= 11 is 0. The zero-order valence-corrected chi connectivity index (χ0v) is 8.74. The van der Waals surface area contributed by atoms with Crippen molar-refractivity contribution in [1.82, 2.24) is 4.90 Å². The molecule has 1 aromatic carbocycles. The highest BCUT2D eigenvalue weighted by molar-refractivity contribution is 6.00. The highest BCUT2D eigenvalue weighted by Crippen LogP contribution is 2.18. The van der Waals surface area contributed by atoms with Crippen molar-refractivity contribution < 1.29 is 9.90 Å². The second-order valence-corrected chi connectivity index (χ2v) is 3.68. The fraction of sp³-hybridized carbons (Fsp3) is 0.364. The summed E-state index contributed by atoms with van der Waals surface area (Å²) in [5.74, 6) is 0.00403. The lowest BCUT2D eigenvalue weighted by molar-refractivity contribution is 0.0955. The Bertz CT molecular complexity index is 345. The van der Waals surface area contributed by atoms with Gasteiger partial charge in [0, 0.05) is 0 Å². The first-order valence-corrected chi connectivity index (χ1v) is 4.48. The Morgan fingerprint density at radius 2 is 2.07 bits per heavy atom. The largest absolute Gasteiger partial charge is 0.507 e. The van der Waals surface area contributed by atoms with E-state index >= 15 is 0 Å². The van der Waals surface area contributed by atoms with Gasteiger partial charge in [0.05, 0.1) is 12.1 Å². The van der Waals surface area contributed by atoms with Crippen LogP contribution >= 0.6 is 0 Å². The fourth-order valence-corrected chi connectivity index (χ4v) is 1.25. The first kappa shape index (κ1) is 10.7. The summed E-state index contributed by atoms with van der Waals surface area (Å²) in [6.07, 6.45) is 0. The second-order valence-electron chi connectivity index (χ2n) is 3.68. The van der Waals surface area contributed by atoms with E-state index in [1.807, 2.05) is 27.1 Å². The molecule has 0 atom stereocenters. The molecule has 76 valence electrons. The number of rotatable bonds is 3. The first-order valence-electron chi connectivity index (χ1n) is 4.48. The first-order chi connectivity index (χ1) is 6.50.